The van der Waals surface area contributed by atoms with Gasteiger partial charge < -0.3 is 14.9 Å². The van der Waals surface area contributed by atoms with Gasteiger partial charge in [-0.05, 0) is 0 Å². The first-order chi connectivity index (χ1) is 7.66. The van der Waals surface area contributed by atoms with E-state index >= 15 is 0 Å². The maximum atomic E-state index is 11.9. The monoisotopic (exact) mass is 239 g/mol. The van der Waals surface area contributed by atoms with Crippen LogP contribution in [0.5, 0.6) is 0 Å². The number of rotatable bonds is 1. The third-order valence-corrected chi connectivity index (χ3v) is 3.81. The van der Waals surface area contributed by atoms with E-state index in [-0.39, 0.29) is 11.9 Å². The molecule has 6 nitrogen and oxygen atoms in total. The Bertz CT molecular complexity index is 466. The Morgan fingerprint density at radius 1 is 1.56 bits per heavy atom. The number of hydrogen-bond acceptors (Lipinski definition) is 4. The molecule has 3 rings (SSSR count). The van der Waals surface area contributed by atoms with Crippen molar-refractivity contribution in [1.82, 2.24) is 14.8 Å². The number of aromatic nitrogens is 1. The summed E-state index contributed by atoms with van der Waals surface area (Å²) in [5.41, 5.74) is 2.21. The van der Waals surface area contributed by atoms with Crippen LogP contribution < -0.4 is 0 Å². The molecule has 2 aliphatic heterocycles. The molecule has 2 aliphatic rings. The highest BCUT2D eigenvalue weighted by molar-refractivity contribution is 7.10. The molecule has 3 heterocycles. The zero-order chi connectivity index (χ0) is 11.3. The van der Waals surface area contributed by atoms with E-state index in [1.807, 2.05) is 0 Å². The number of carboxylic acid groups (broad SMARTS) is 1. The lowest BCUT2D eigenvalue weighted by molar-refractivity contribution is 0.0304. The number of thiazole rings is 1. The topological polar surface area (TPSA) is 73.7 Å². The van der Waals surface area contributed by atoms with Gasteiger partial charge >= 0.3 is 6.09 Å². The van der Waals surface area contributed by atoms with Crippen LogP contribution in [-0.2, 0) is 6.54 Å². The Morgan fingerprint density at radius 3 is 2.94 bits per heavy atom. The standard InChI is InChI=1S/C9H9N3O3S/c13-8-7-6(16-4-10-7)3-12(8)5-1-11(2-5)9(14)15/h4-5H,1-3H2,(H,14,15). The van der Waals surface area contributed by atoms with Gasteiger partial charge in [-0.15, -0.1) is 11.3 Å². The number of fused-ring (bicyclic) bond motifs is 1. The first-order valence-electron chi connectivity index (χ1n) is 4.88. The Hall–Kier alpha value is -1.63. The van der Waals surface area contributed by atoms with E-state index in [9.17, 15) is 9.59 Å². The van der Waals surface area contributed by atoms with Crippen LogP contribution in [0.1, 0.15) is 15.4 Å². The van der Waals surface area contributed by atoms with Crippen molar-refractivity contribution in [3.63, 3.8) is 0 Å². The molecule has 0 aliphatic carbocycles. The fraction of sp³-hybridized carbons (Fsp3) is 0.444. The van der Waals surface area contributed by atoms with Gasteiger partial charge in [0.2, 0.25) is 0 Å². The zero-order valence-corrected chi connectivity index (χ0v) is 9.11. The number of likely N-dealkylation sites (tertiary alicyclic amines) is 1. The molecule has 0 bridgehead atoms. The number of carbonyl (C=O) groups is 2. The van der Waals surface area contributed by atoms with E-state index < -0.39 is 6.09 Å². The highest BCUT2D eigenvalue weighted by Crippen LogP contribution is 2.29. The first-order valence-corrected chi connectivity index (χ1v) is 5.76. The normalized spacial score (nSPS) is 19.9. The number of nitrogens with zero attached hydrogens (tertiary/aromatic N) is 3. The van der Waals surface area contributed by atoms with Crippen LogP contribution in [0.2, 0.25) is 0 Å². The maximum absolute atomic E-state index is 11.9. The van der Waals surface area contributed by atoms with E-state index in [2.05, 4.69) is 4.98 Å². The highest BCUT2D eigenvalue weighted by atomic mass is 32.1. The summed E-state index contributed by atoms with van der Waals surface area (Å²) in [6.07, 6.45) is -0.921. The van der Waals surface area contributed by atoms with Gasteiger partial charge in [0, 0.05) is 13.1 Å². The highest BCUT2D eigenvalue weighted by Gasteiger charge is 2.41. The van der Waals surface area contributed by atoms with Crippen LogP contribution in [0.15, 0.2) is 5.51 Å². The summed E-state index contributed by atoms with van der Waals surface area (Å²) in [7, 11) is 0. The largest absolute Gasteiger partial charge is 0.465 e. The van der Waals surface area contributed by atoms with Gasteiger partial charge in [-0.3, -0.25) is 4.79 Å². The summed E-state index contributed by atoms with van der Waals surface area (Å²) in [5, 5.41) is 8.71. The minimum Gasteiger partial charge on any atom is -0.465 e. The number of amides is 2. The van der Waals surface area contributed by atoms with Gasteiger partial charge in [0.25, 0.3) is 5.91 Å². The molecular weight excluding hydrogens is 230 g/mol. The number of carbonyl (C=O) groups excluding carboxylic acids is 1. The lowest BCUT2D eigenvalue weighted by atomic mass is 10.1. The molecule has 16 heavy (non-hydrogen) atoms. The fourth-order valence-electron chi connectivity index (χ4n) is 2.02. The Morgan fingerprint density at radius 2 is 2.31 bits per heavy atom. The summed E-state index contributed by atoms with van der Waals surface area (Å²) in [6.45, 7) is 1.41. The first kappa shape index (κ1) is 9.59. The van der Waals surface area contributed by atoms with Crippen molar-refractivity contribution >= 4 is 23.3 Å². The molecule has 1 aromatic heterocycles. The van der Waals surface area contributed by atoms with Gasteiger partial charge in [-0.25, -0.2) is 9.78 Å². The second kappa shape index (κ2) is 3.18. The molecule has 0 radical (unpaired) electrons. The summed E-state index contributed by atoms with van der Waals surface area (Å²) < 4.78 is 0. The summed E-state index contributed by atoms with van der Waals surface area (Å²) in [4.78, 5) is 30.5. The molecule has 0 atom stereocenters. The quantitative estimate of drug-likeness (QED) is 0.772. The van der Waals surface area contributed by atoms with E-state index in [0.717, 1.165) is 4.88 Å². The second-order valence-electron chi connectivity index (χ2n) is 3.90. The van der Waals surface area contributed by atoms with Gasteiger partial charge in [0.05, 0.1) is 23.0 Å². The minimum absolute atomic E-state index is 0.0185. The lowest BCUT2D eigenvalue weighted by Gasteiger charge is -2.42. The Labute approximate surface area is 95.1 Å². The van der Waals surface area contributed by atoms with E-state index in [4.69, 9.17) is 5.11 Å². The van der Waals surface area contributed by atoms with E-state index in [0.29, 0.717) is 25.3 Å². The average Bonchev–Trinajstić information content (AvgIpc) is 2.68. The Kier molecular flexibility index (Phi) is 1.90. The van der Waals surface area contributed by atoms with Crippen LogP contribution >= 0.6 is 11.3 Å². The molecule has 2 amide bonds. The third kappa shape index (κ3) is 1.21. The van der Waals surface area contributed by atoms with Crippen LogP contribution in [0, 0.1) is 0 Å². The maximum Gasteiger partial charge on any atom is 0.407 e. The Balaban J connectivity index is 1.70. The van der Waals surface area contributed by atoms with Crippen LogP contribution in [0.25, 0.3) is 0 Å². The SMILES string of the molecule is O=C(O)N1CC(N2Cc3scnc3C2=O)C1. The summed E-state index contributed by atoms with van der Waals surface area (Å²) in [5.74, 6) is -0.0636. The fourth-order valence-corrected chi connectivity index (χ4v) is 2.77. The molecule has 0 aromatic carbocycles. The van der Waals surface area contributed by atoms with Crippen molar-refractivity contribution in [3.8, 4) is 0 Å². The van der Waals surface area contributed by atoms with E-state index in [1.54, 1.807) is 10.4 Å². The lowest BCUT2D eigenvalue weighted by Crippen LogP contribution is -2.60. The van der Waals surface area contributed by atoms with Crippen molar-refractivity contribution < 1.29 is 14.7 Å². The van der Waals surface area contributed by atoms with Crippen LogP contribution in [-0.4, -0.2) is 51.0 Å². The van der Waals surface area contributed by atoms with Crippen molar-refractivity contribution in [2.24, 2.45) is 0 Å². The molecule has 1 saturated heterocycles. The van der Waals surface area contributed by atoms with Gasteiger partial charge in [-0.1, -0.05) is 0 Å². The molecule has 7 heteroatoms. The van der Waals surface area contributed by atoms with Crippen molar-refractivity contribution in [2.75, 3.05) is 13.1 Å². The molecule has 1 N–H and O–H groups in total. The molecule has 0 unspecified atom stereocenters. The predicted molar refractivity (Wildman–Crippen MR) is 55.4 cm³/mol. The van der Waals surface area contributed by atoms with Crippen molar-refractivity contribution in [1.29, 1.82) is 0 Å². The molecular formula is C9H9N3O3S. The predicted octanol–water partition coefficient (Wildman–Crippen LogP) is 0.461. The average molecular weight is 239 g/mol. The smallest absolute Gasteiger partial charge is 0.407 e. The third-order valence-electron chi connectivity index (χ3n) is 2.99. The second-order valence-corrected chi connectivity index (χ2v) is 4.84. The summed E-state index contributed by atoms with van der Waals surface area (Å²) >= 11 is 1.48. The van der Waals surface area contributed by atoms with Crippen molar-refractivity contribution in [3.05, 3.63) is 16.1 Å². The summed E-state index contributed by atoms with van der Waals surface area (Å²) in [6, 6.07) is 0.0185. The minimum atomic E-state index is -0.921. The zero-order valence-electron chi connectivity index (χ0n) is 8.29. The number of hydrogen-bond donors (Lipinski definition) is 1. The van der Waals surface area contributed by atoms with Gasteiger partial charge in [-0.2, -0.15) is 0 Å². The molecule has 0 spiro atoms. The van der Waals surface area contributed by atoms with Gasteiger partial charge in [0.1, 0.15) is 5.69 Å². The molecule has 1 fully saturated rings. The van der Waals surface area contributed by atoms with Crippen LogP contribution in [0.4, 0.5) is 4.79 Å². The van der Waals surface area contributed by atoms with Crippen LogP contribution in [0.3, 0.4) is 0 Å². The molecule has 84 valence electrons. The van der Waals surface area contributed by atoms with E-state index in [1.165, 1.54) is 16.2 Å². The van der Waals surface area contributed by atoms with Gasteiger partial charge in [0.15, 0.2) is 0 Å². The van der Waals surface area contributed by atoms with Crippen molar-refractivity contribution in [2.45, 2.75) is 12.6 Å². The molecule has 0 saturated carbocycles. The molecule has 1 aromatic rings.